The molecule has 0 bridgehead atoms. The van der Waals surface area contributed by atoms with Crippen LogP contribution in [0.25, 0.3) is 12.2 Å². The van der Waals surface area contributed by atoms with E-state index in [0.29, 0.717) is 5.56 Å². The van der Waals surface area contributed by atoms with Crippen molar-refractivity contribution in [3.8, 4) is 0 Å². The molecule has 0 radical (unpaired) electrons. The van der Waals surface area contributed by atoms with E-state index in [4.69, 9.17) is 0 Å². The number of isothiocyanates is 1. The highest BCUT2D eigenvalue weighted by molar-refractivity contribution is 7.78. The van der Waals surface area contributed by atoms with Crippen LogP contribution >= 0.6 is 12.2 Å². The molecular weight excluding hydrogens is 276 g/mol. The fourth-order valence-corrected chi connectivity index (χ4v) is 1.80. The largest absolute Gasteiger partial charge is 0.204 e. The molecule has 0 saturated carbocycles. The number of aliphatic imine (C=N–C) groups is 1. The van der Waals surface area contributed by atoms with Gasteiger partial charge in [0.15, 0.2) is 11.6 Å². The van der Waals surface area contributed by atoms with E-state index in [1.165, 1.54) is 12.1 Å². The fourth-order valence-electron chi connectivity index (χ4n) is 1.70. The highest BCUT2D eigenvalue weighted by Crippen LogP contribution is 2.24. The van der Waals surface area contributed by atoms with Gasteiger partial charge in [-0.15, -0.1) is 0 Å². The first-order valence-corrected chi connectivity index (χ1v) is 6.32. The molecule has 2 aromatic rings. The number of halogens is 2. The molecular formula is C16H11F2NS. The average molecular weight is 287 g/mol. The van der Waals surface area contributed by atoms with Gasteiger partial charge in [0.2, 0.25) is 0 Å². The molecule has 0 N–H and O–H groups in total. The molecule has 0 fully saturated rings. The van der Waals surface area contributed by atoms with E-state index in [9.17, 15) is 8.78 Å². The van der Waals surface area contributed by atoms with Crippen LogP contribution in [0.2, 0.25) is 0 Å². The fraction of sp³-hybridized carbons (Fsp3) is 0.0625. The maximum Gasteiger partial charge on any atom is 0.153 e. The van der Waals surface area contributed by atoms with Crippen LogP contribution in [0, 0.1) is 18.6 Å². The number of aryl methyl sites for hydroxylation is 1. The summed E-state index contributed by atoms with van der Waals surface area (Å²) in [4.78, 5) is 3.37. The standard InChI is InChI=1S/C16H11F2NS/c1-11-2-4-12(5-3-11)6-7-13-8-14(17)16(19-10-20)15(18)9-13/h2-9H,1H3/b7-6+. The molecule has 100 valence electrons. The van der Waals surface area contributed by atoms with E-state index >= 15 is 0 Å². The maximum atomic E-state index is 13.6. The van der Waals surface area contributed by atoms with Crippen molar-refractivity contribution in [1.82, 2.24) is 0 Å². The van der Waals surface area contributed by atoms with E-state index in [1.807, 2.05) is 36.4 Å². The van der Waals surface area contributed by atoms with Crippen LogP contribution in [0.5, 0.6) is 0 Å². The monoisotopic (exact) mass is 287 g/mol. The van der Waals surface area contributed by atoms with Crippen LogP contribution in [0.15, 0.2) is 41.4 Å². The van der Waals surface area contributed by atoms with Crippen molar-refractivity contribution in [2.45, 2.75) is 6.92 Å². The Morgan fingerprint density at radius 1 is 1.00 bits per heavy atom. The smallest absolute Gasteiger partial charge is 0.153 e. The number of nitrogens with zero attached hydrogens (tertiary/aromatic N) is 1. The van der Waals surface area contributed by atoms with Crippen LogP contribution in [0.1, 0.15) is 16.7 Å². The van der Waals surface area contributed by atoms with Gasteiger partial charge >= 0.3 is 0 Å². The van der Waals surface area contributed by atoms with Gasteiger partial charge in [-0.1, -0.05) is 42.0 Å². The van der Waals surface area contributed by atoms with Gasteiger partial charge in [-0.2, -0.15) is 4.99 Å². The molecule has 0 aliphatic rings. The van der Waals surface area contributed by atoms with E-state index in [2.05, 4.69) is 17.2 Å². The van der Waals surface area contributed by atoms with Gasteiger partial charge in [0.05, 0.1) is 5.16 Å². The highest BCUT2D eigenvalue weighted by atomic mass is 32.1. The summed E-state index contributed by atoms with van der Waals surface area (Å²) in [5.41, 5.74) is 2.12. The van der Waals surface area contributed by atoms with Crippen LogP contribution < -0.4 is 0 Å². The Bertz CT molecular complexity index is 676. The van der Waals surface area contributed by atoms with Gasteiger partial charge in [-0.25, -0.2) is 8.78 Å². The van der Waals surface area contributed by atoms with E-state index < -0.39 is 17.3 Å². The molecule has 0 aliphatic carbocycles. The molecule has 0 heterocycles. The van der Waals surface area contributed by atoms with Gasteiger partial charge in [-0.3, -0.25) is 0 Å². The third-order valence-electron chi connectivity index (χ3n) is 2.74. The molecule has 1 nitrogen and oxygen atoms in total. The minimum Gasteiger partial charge on any atom is -0.204 e. The Kier molecular flexibility index (Phi) is 4.51. The molecule has 0 aliphatic heterocycles. The molecule has 0 amide bonds. The van der Waals surface area contributed by atoms with Crippen molar-refractivity contribution in [3.63, 3.8) is 0 Å². The second kappa shape index (κ2) is 6.33. The van der Waals surface area contributed by atoms with Crippen molar-refractivity contribution in [2.75, 3.05) is 0 Å². The lowest BCUT2D eigenvalue weighted by Gasteiger charge is -2.00. The summed E-state index contributed by atoms with van der Waals surface area (Å²) >= 11 is 4.35. The Hall–Kier alpha value is -2.16. The molecule has 0 saturated heterocycles. The first kappa shape index (κ1) is 14.3. The van der Waals surface area contributed by atoms with Gasteiger partial charge in [0, 0.05) is 0 Å². The molecule has 2 aromatic carbocycles. The zero-order valence-corrected chi connectivity index (χ0v) is 11.5. The third-order valence-corrected chi connectivity index (χ3v) is 2.83. The normalized spacial score (nSPS) is 10.6. The lowest BCUT2D eigenvalue weighted by atomic mass is 10.1. The van der Waals surface area contributed by atoms with Crippen LogP contribution in [-0.2, 0) is 0 Å². The quantitative estimate of drug-likeness (QED) is 0.430. The summed E-state index contributed by atoms with van der Waals surface area (Å²) in [7, 11) is 0. The Morgan fingerprint density at radius 2 is 1.55 bits per heavy atom. The number of benzene rings is 2. The number of rotatable bonds is 3. The summed E-state index contributed by atoms with van der Waals surface area (Å²) in [6, 6.07) is 10.2. The van der Waals surface area contributed by atoms with Crippen molar-refractivity contribution in [1.29, 1.82) is 0 Å². The summed E-state index contributed by atoms with van der Waals surface area (Å²) in [5, 5.41) is 1.96. The SMILES string of the molecule is Cc1ccc(/C=C/c2cc(F)c(N=C=S)c(F)c2)cc1. The number of hydrogen-bond donors (Lipinski definition) is 0. The first-order chi connectivity index (χ1) is 9.60. The zero-order chi connectivity index (χ0) is 14.5. The summed E-state index contributed by atoms with van der Waals surface area (Å²) in [6.45, 7) is 1.99. The minimum absolute atomic E-state index is 0.410. The third kappa shape index (κ3) is 3.44. The van der Waals surface area contributed by atoms with Crippen molar-refractivity contribution < 1.29 is 8.78 Å². The van der Waals surface area contributed by atoms with Crippen LogP contribution in [0.4, 0.5) is 14.5 Å². The molecule has 0 unspecified atom stereocenters. The summed E-state index contributed by atoms with van der Waals surface area (Å²) < 4.78 is 27.2. The summed E-state index contributed by atoms with van der Waals surface area (Å²) in [6.07, 6.45) is 3.43. The predicted octanol–water partition coefficient (Wildman–Crippen LogP) is 5.18. The Labute approximate surface area is 121 Å². The van der Waals surface area contributed by atoms with Gasteiger partial charge < -0.3 is 0 Å². The van der Waals surface area contributed by atoms with E-state index in [-0.39, 0.29) is 0 Å². The van der Waals surface area contributed by atoms with Crippen LogP contribution in [0.3, 0.4) is 0 Å². The molecule has 2 rings (SSSR count). The second-order valence-corrected chi connectivity index (χ2v) is 4.46. The van der Waals surface area contributed by atoms with Crippen molar-refractivity contribution >= 4 is 35.2 Å². The summed E-state index contributed by atoms with van der Waals surface area (Å²) in [5.74, 6) is -1.52. The van der Waals surface area contributed by atoms with Crippen molar-refractivity contribution in [3.05, 3.63) is 64.7 Å². The zero-order valence-electron chi connectivity index (χ0n) is 10.7. The van der Waals surface area contributed by atoms with Crippen molar-refractivity contribution in [2.24, 2.45) is 4.99 Å². The maximum absolute atomic E-state index is 13.6. The molecule has 4 heteroatoms. The van der Waals surface area contributed by atoms with E-state index in [1.54, 1.807) is 12.2 Å². The highest BCUT2D eigenvalue weighted by Gasteiger charge is 2.08. The van der Waals surface area contributed by atoms with Gasteiger partial charge in [-0.05, 0) is 42.4 Å². The van der Waals surface area contributed by atoms with E-state index in [0.717, 1.165) is 11.1 Å². The molecule has 0 spiro atoms. The average Bonchev–Trinajstić information content (AvgIpc) is 2.42. The predicted molar refractivity (Wildman–Crippen MR) is 81.2 cm³/mol. The molecule has 0 aromatic heterocycles. The number of thiocarbonyl (C=S) groups is 1. The Morgan fingerprint density at radius 3 is 2.10 bits per heavy atom. The van der Waals surface area contributed by atoms with Gasteiger partial charge in [0.1, 0.15) is 5.69 Å². The molecule has 0 atom stereocenters. The minimum atomic E-state index is -0.758. The lowest BCUT2D eigenvalue weighted by Crippen LogP contribution is -1.85. The van der Waals surface area contributed by atoms with Crippen LogP contribution in [-0.4, -0.2) is 5.16 Å². The molecule has 20 heavy (non-hydrogen) atoms. The first-order valence-electron chi connectivity index (χ1n) is 5.92. The lowest BCUT2D eigenvalue weighted by molar-refractivity contribution is 0.587. The Balaban J connectivity index is 2.30. The number of hydrogen-bond acceptors (Lipinski definition) is 2. The van der Waals surface area contributed by atoms with Gasteiger partial charge in [0.25, 0.3) is 0 Å². The topological polar surface area (TPSA) is 12.4 Å². The second-order valence-electron chi connectivity index (χ2n) is 4.28.